The third-order valence-electron chi connectivity index (χ3n) is 7.01. The number of carbonyl (C=O) groups is 2. The van der Waals surface area contributed by atoms with Crippen molar-refractivity contribution in [3.8, 4) is 34.1 Å². The van der Waals surface area contributed by atoms with Gasteiger partial charge in [-0.3, -0.25) is 14.7 Å². The topological polar surface area (TPSA) is 116 Å². The number of methoxy groups -OCH3 is 1. The number of anilines is 1. The van der Waals surface area contributed by atoms with Crippen LogP contribution < -0.4 is 24.8 Å². The molecule has 1 fully saturated rings. The fourth-order valence-electron chi connectivity index (χ4n) is 4.75. The van der Waals surface area contributed by atoms with E-state index in [-0.39, 0.29) is 11.4 Å². The molecule has 0 bridgehead atoms. The van der Waals surface area contributed by atoms with E-state index >= 15 is 0 Å². The number of primary amides is 1. The third kappa shape index (κ3) is 7.37. The molecule has 2 N–H and O–H groups in total. The zero-order chi connectivity index (χ0) is 30.3. The van der Waals surface area contributed by atoms with Crippen molar-refractivity contribution in [2.75, 3.05) is 51.5 Å². The number of aromatic nitrogens is 1. The van der Waals surface area contributed by atoms with Gasteiger partial charge in [-0.1, -0.05) is 18.2 Å². The van der Waals surface area contributed by atoms with Crippen LogP contribution in [0, 0.1) is 5.82 Å². The average Bonchev–Trinajstić information content (AvgIpc) is 3.60. The SMILES string of the molecule is COc1cc2c(Oc3ccc(N(C(C)=O)C(N)=O)cc3F)ccnc2cc1OCCCN1CCOCC1.c1cc2cc-2c1. The maximum atomic E-state index is 14.9. The summed E-state index contributed by atoms with van der Waals surface area (Å²) in [5, 5.41) is 0.589. The first-order chi connectivity index (χ1) is 20.8. The largest absolute Gasteiger partial charge is 0.493 e. The van der Waals surface area contributed by atoms with Crippen LogP contribution in [-0.2, 0) is 9.53 Å². The quantitative estimate of drug-likeness (QED) is 0.228. The molecule has 0 spiro atoms. The number of hydrogen-bond donors (Lipinski definition) is 1. The van der Waals surface area contributed by atoms with Gasteiger partial charge in [-0.15, -0.1) is 0 Å². The number of nitrogens with zero attached hydrogens (tertiary/aromatic N) is 3. The number of pyridine rings is 1. The number of rotatable bonds is 9. The molecule has 2 aliphatic carbocycles. The average molecular weight is 589 g/mol. The monoisotopic (exact) mass is 588 g/mol. The zero-order valence-corrected chi connectivity index (χ0v) is 24.0. The molecule has 0 unspecified atom stereocenters. The van der Waals surface area contributed by atoms with Gasteiger partial charge in [-0.25, -0.2) is 14.1 Å². The van der Waals surface area contributed by atoms with Crippen molar-refractivity contribution in [1.82, 2.24) is 9.88 Å². The number of halogens is 1. The molecule has 3 aliphatic rings. The van der Waals surface area contributed by atoms with E-state index in [1.165, 1.54) is 30.4 Å². The van der Waals surface area contributed by atoms with E-state index in [2.05, 4.69) is 34.1 Å². The van der Waals surface area contributed by atoms with Gasteiger partial charge in [0.1, 0.15) is 5.75 Å². The first-order valence-electron chi connectivity index (χ1n) is 13.9. The highest BCUT2D eigenvalue weighted by Gasteiger charge is 2.20. The van der Waals surface area contributed by atoms with Crippen LogP contribution in [0.3, 0.4) is 0 Å². The third-order valence-corrected chi connectivity index (χ3v) is 7.01. The lowest BCUT2D eigenvalue weighted by atomic mass is 10.1. The number of carbonyl (C=O) groups excluding carboxylic acids is 2. The Morgan fingerprint density at radius 2 is 1.77 bits per heavy atom. The number of benzene rings is 3. The molecule has 11 heteroatoms. The normalized spacial score (nSPS) is 13.5. The number of fused-ring (bicyclic) bond motifs is 2. The lowest BCUT2D eigenvalue weighted by Crippen LogP contribution is -2.39. The highest BCUT2D eigenvalue weighted by Crippen LogP contribution is 2.38. The summed E-state index contributed by atoms with van der Waals surface area (Å²) in [5.41, 5.74) is 8.66. The van der Waals surface area contributed by atoms with Gasteiger partial charge in [-0.05, 0) is 47.9 Å². The minimum atomic E-state index is -1.01. The summed E-state index contributed by atoms with van der Waals surface area (Å²) in [6, 6.07) is 16.3. The molecule has 3 amide bonds. The summed E-state index contributed by atoms with van der Waals surface area (Å²) in [6.45, 7) is 5.96. The predicted octanol–water partition coefficient (Wildman–Crippen LogP) is 5.37. The van der Waals surface area contributed by atoms with Crippen molar-refractivity contribution >= 4 is 28.5 Å². The summed E-state index contributed by atoms with van der Waals surface area (Å²) in [7, 11) is 1.54. The van der Waals surface area contributed by atoms with Crippen LogP contribution in [-0.4, -0.2) is 68.4 Å². The second-order valence-electron chi connectivity index (χ2n) is 9.98. The van der Waals surface area contributed by atoms with Gasteiger partial charge >= 0.3 is 6.03 Å². The number of urea groups is 1. The number of hydrogen-bond acceptors (Lipinski definition) is 8. The lowest BCUT2D eigenvalue weighted by molar-refractivity contribution is -0.115. The van der Waals surface area contributed by atoms with Crippen molar-refractivity contribution < 1.29 is 32.9 Å². The van der Waals surface area contributed by atoms with E-state index in [1.807, 2.05) is 0 Å². The number of ether oxygens (including phenoxy) is 4. The van der Waals surface area contributed by atoms with Gasteiger partial charge in [-0.2, -0.15) is 0 Å². The molecule has 1 aliphatic heterocycles. The molecule has 0 atom stereocenters. The van der Waals surface area contributed by atoms with Crippen molar-refractivity contribution in [3.63, 3.8) is 0 Å². The Morgan fingerprint density at radius 1 is 1.00 bits per heavy atom. The van der Waals surface area contributed by atoms with E-state index in [0.717, 1.165) is 52.3 Å². The highest BCUT2D eigenvalue weighted by atomic mass is 19.1. The Balaban J connectivity index is 0.000000537. The molecule has 6 rings (SSSR count). The van der Waals surface area contributed by atoms with E-state index in [0.29, 0.717) is 39.7 Å². The maximum absolute atomic E-state index is 14.9. The molecular weight excluding hydrogens is 555 g/mol. The molecule has 43 heavy (non-hydrogen) atoms. The van der Waals surface area contributed by atoms with Crippen LogP contribution in [0.25, 0.3) is 22.0 Å². The van der Waals surface area contributed by atoms with Crippen LogP contribution in [0.5, 0.6) is 23.0 Å². The van der Waals surface area contributed by atoms with Crippen LogP contribution in [0.1, 0.15) is 13.3 Å². The lowest BCUT2D eigenvalue weighted by Gasteiger charge is -2.26. The van der Waals surface area contributed by atoms with E-state index < -0.39 is 17.8 Å². The molecular formula is C32H33FN4O6. The van der Waals surface area contributed by atoms with Crippen LogP contribution >= 0.6 is 0 Å². The summed E-state index contributed by atoms with van der Waals surface area (Å²) in [5.74, 6) is -0.133. The van der Waals surface area contributed by atoms with E-state index in [9.17, 15) is 14.0 Å². The Bertz CT molecular complexity index is 1590. The fraction of sp³-hybridized carbons (Fsp3) is 0.281. The maximum Gasteiger partial charge on any atom is 0.326 e. The van der Waals surface area contributed by atoms with Crippen molar-refractivity contribution in [3.05, 3.63) is 72.7 Å². The predicted molar refractivity (Wildman–Crippen MR) is 160 cm³/mol. The minimum Gasteiger partial charge on any atom is -0.493 e. The molecule has 10 nitrogen and oxygen atoms in total. The van der Waals surface area contributed by atoms with Gasteiger partial charge in [0.25, 0.3) is 0 Å². The molecule has 2 heterocycles. The molecule has 2 aromatic carbocycles. The summed E-state index contributed by atoms with van der Waals surface area (Å²) < 4.78 is 37.6. The second-order valence-corrected chi connectivity index (χ2v) is 9.98. The van der Waals surface area contributed by atoms with Crippen LogP contribution in [0.2, 0.25) is 0 Å². The Kier molecular flexibility index (Phi) is 9.33. The zero-order valence-electron chi connectivity index (χ0n) is 24.0. The Hall–Kier alpha value is -4.74. The summed E-state index contributed by atoms with van der Waals surface area (Å²) in [6.07, 6.45) is 2.40. The number of imide groups is 1. The van der Waals surface area contributed by atoms with Crippen molar-refractivity contribution in [2.24, 2.45) is 5.73 Å². The smallest absolute Gasteiger partial charge is 0.326 e. The second kappa shape index (κ2) is 13.5. The Labute approximate surface area is 248 Å². The van der Waals surface area contributed by atoms with Gasteiger partial charge < -0.3 is 24.7 Å². The Morgan fingerprint density at radius 3 is 2.37 bits per heavy atom. The molecule has 1 aromatic heterocycles. The fourth-order valence-corrected chi connectivity index (χ4v) is 4.75. The molecule has 3 aromatic rings. The molecule has 1 saturated heterocycles. The van der Waals surface area contributed by atoms with Gasteiger partial charge in [0.15, 0.2) is 23.1 Å². The summed E-state index contributed by atoms with van der Waals surface area (Å²) in [4.78, 5) is 30.7. The van der Waals surface area contributed by atoms with Gasteiger partial charge in [0.05, 0.1) is 38.1 Å². The molecule has 224 valence electrons. The number of amides is 3. The first-order valence-corrected chi connectivity index (χ1v) is 13.9. The van der Waals surface area contributed by atoms with E-state index in [4.69, 9.17) is 24.7 Å². The van der Waals surface area contributed by atoms with Crippen LogP contribution in [0.15, 0.2) is 66.9 Å². The van der Waals surface area contributed by atoms with Crippen LogP contribution in [0.4, 0.5) is 14.9 Å². The number of nitrogens with two attached hydrogens (primary N) is 1. The van der Waals surface area contributed by atoms with Crippen molar-refractivity contribution in [1.29, 1.82) is 0 Å². The molecule has 0 saturated carbocycles. The summed E-state index contributed by atoms with van der Waals surface area (Å²) >= 11 is 0. The van der Waals surface area contributed by atoms with Crippen molar-refractivity contribution in [2.45, 2.75) is 13.3 Å². The minimum absolute atomic E-state index is 0.00140. The van der Waals surface area contributed by atoms with Gasteiger partial charge in [0, 0.05) is 50.3 Å². The molecule has 0 radical (unpaired) electrons. The standard InChI is InChI=1S/C26H29FN4O6.C6H4/c1-17(32)31(26(28)33)18-4-5-23(20(27)14-18)37-22-6-7-29-21-16-25(24(34-2)15-19(21)22)36-11-3-8-30-9-12-35-13-10-30;1-2-5-4-6(5)3-1/h4-7,14-16H,3,8-13H2,1-2H3,(H2,28,33);1-4H. The first kappa shape index (κ1) is 29.7. The number of morpholine rings is 1. The highest BCUT2D eigenvalue weighted by molar-refractivity contribution is 6.12. The van der Waals surface area contributed by atoms with E-state index in [1.54, 1.807) is 24.4 Å². The van der Waals surface area contributed by atoms with Gasteiger partial charge in [0.2, 0.25) is 5.91 Å².